The van der Waals surface area contributed by atoms with Crippen LogP contribution in [0.3, 0.4) is 0 Å². The molecule has 3 aliphatic rings. The Bertz CT molecular complexity index is 1340. The zero-order chi connectivity index (χ0) is 29.7. The molecule has 41 heavy (non-hydrogen) atoms. The van der Waals surface area contributed by atoms with E-state index in [0.717, 1.165) is 11.1 Å². The largest absolute Gasteiger partial charge is 0.494 e. The quantitative estimate of drug-likeness (QED) is 0.424. The zero-order valence-electron chi connectivity index (χ0n) is 24.7. The summed E-state index contributed by atoms with van der Waals surface area (Å²) in [7, 11) is 0. The summed E-state index contributed by atoms with van der Waals surface area (Å²) in [4.78, 5) is 44.0. The number of hydrogen-bond donors (Lipinski definition) is 3. The van der Waals surface area contributed by atoms with E-state index in [0.29, 0.717) is 36.6 Å². The third kappa shape index (κ3) is 4.59. The van der Waals surface area contributed by atoms with E-state index in [9.17, 15) is 19.5 Å². The lowest BCUT2D eigenvalue weighted by atomic mass is 9.62. The van der Waals surface area contributed by atoms with Crippen molar-refractivity contribution < 1.29 is 29.0 Å². The number of amides is 3. The van der Waals surface area contributed by atoms with Crippen molar-refractivity contribution in [1.29, 1.82) is 0 Å². The molecule has 3 fully saturated rings. The summed E-state index contributed by atoms with van der Waals surface area (Å²) in [5.74, 6) is -2.09. The number of aliphatic hydroxyl groups excluding tert-OH is 1. The van der Waals surface area contributed by atoms with Gasteiger partial charge in [-0.1, -0.05) is 26.0 Å². The third-order valence-corrected chi connectivity index (χ3v) is 9.44. The average molecular weight is 564 g/mol. The van der Waals surface area contributed by atoms with Crippen LogP contribution in [0.25, 0.3) is 0 Å². The molecule has 3 N–H and O–H groups in total. The van der Waals surface area contributed by atoms with Gasteiger partial charge in [-0.05, 0) is 87.9 Å². The first kappa shape index (κ1) is 29.1. The van der Waals surface area contributed by atoms with Crippen LogP contribution in [0.4, 0.5) is 11.4 Å². The predicted octanol–water partition coefficient (Wildman–Crippen LogP) is 4.06. The standard InChI is InChI=1S/C32H41N3O6/c1-7-22(17-36)35-27(29(38)34-24-15-18(3)9-10-19(24)4)32-16-20(5)31(6,41-32)25(26(32)30(35)39)28(37)33-21-11-13-23(14-12-21)40-8-2/h9-15,20,22,25-27,36H,7-8,16-17H2,1-6H3,(H,33,37)(H,34,38)/t20?,22-,25+,26-,27?,31-,32?/m0/s1. The maximum absolute atomic E-state index is 14.3. The molecular weight excluding hydrogens is 522 g/mol. The van der Waals surface area contributed by atoms with Crippen LogP contribution in [0.2, 0.25) is 0 Å². The fourth-order valence-corrected chi connectivity index (χ4v) is 7.28. The number of carbonyl (C=O) groups is 3. The second kappa shape index (κ2) is 10.8. The number of benzene rings is 2. The highest BCUT2D eigenvalue weighted by Crippen LogP contribution is 2.65. The van der Waals surface area contributed by atoms with Crippen LogP contribution in [0.15, 0.2) is 42.5 Å². The number of anilines is 2. The number of aryl methyl sites for hydroxylation is 2. The SMILES string of the molecule is CCOc1ccc(NC(=O)[C@H]2[C@H]3C(=O)N([C@@H](CC)CO)C(C(=O)Nc4cc(C)ccc4C)C34CC(C)[C@]2(C)O4)cc1. The van der Waals surface area contributed by atoms with Gasteiger partial charge in [0.05, 0.1) is 36.7 Å². The number of ether oxygens (including phenoxy) is 2. The summed E-state index contributed by atoms with van der Waals surface area (Å²) < 4.78 is 12.3. The maximum atomic E-state index is 14.3. The average Bonchev–Trinajstić information content (AvgIpc) is 3.45. The van der Waals surface area contributed by atoms with E-state index in [-0.39, 0.29) is 30.2 Å². The second-order valence-electron chi connectivity index (χ2n) is 11.9. The second-order valence-corrected chi connectivity index (χ2v) is 11.9. The minimum atomic E-state index is -1.20. The lowest BCUT2D eigenvalue weighted by Crippen LogP contribution is -2.56. The number of fused-ring (bicyclic) bond motifs is 1. The van der Waals surface area contributed by atoms with Gasteiger partial charge in [-0.25, -0.2) is 0 Å². The Morgan fingerprint density at radius 2 is 1.83 bits per heavy atom. The Balaban J connectivity index is 1.53. The fourth-order valence-electron chi connectivity index (χ4n) is 7.28. The molecule has 9 heteroatoms. The molecule has 220 valence electrons. The van der Waals surface area contributed by atoms with Crippen LogP contribution in [0.1, 0.15) is 51.7 Å². The molecule has 2 aromatic rings. The van der Waals surface area contributed by atoms with Crippen LogP contribution in [0.5, 0.6) is 5.75 Å². The number of nitrogens with zero attached hydrogens (tertiary/aromatic N) is 1. The van der Waals surface area contributed by atoms with Gasteiger partial charge in [0.25, 0.3) is 0 Å². The molecule has 3 unspecified atom stereocenters. The summed E-state index contributed by atoms with van der Waals surface area (Å²) in [6, 6.07) is 11.3. The fraction of sp³-hybridized carbons (Fsp3) is 0.531. The van der Waals surface area contributed by atoms with Crippen molar-refractivity contribution in [3.8, 4) is 5.75 Å². The first-order chi connectivity index (χ1) is 19.5. The highest BCUT2D eigenvalue weighted by Gasteiger charge is 2.80. The maximum Gasteiger partial charge on any atom is 0.250 e. The lowest BCUT2D eigenvalue weighted by Gasteiger charge is -2.36. The van der Waals surface area contributed by atoms with E-state index in [4.69, 9.17) is 9.47 Å². The molecule has 0 aromatic heterocycles. The van der Waals surface area contributed by atoms with Gasteiger partial charge in [-0.15, -0.1) is 0 Å². The van der Waals surface area contributed by atoms with E-state index in [1.165, 1.54) is 4.90 Å². The number of carbonyl (C=O) groups excluding carboxylic acids is 3. The minimum Gasteiger partial charge on any atom is -0.494 e. The molecule has 2 bridgehead atoms. The van der Waals surface area contributed by atoms with Crippen LogP contribution in [-0.4, -0.2) is 64.2 Å². The van der Waals surface area contributed by atoms with Crippen LogP contribution < -0.4 is 15.4 Å². The molecular formula is C32H41N3O6. The van der Waals surface area contributed by atoms with Gasteiger partial charge >= 0.3 is 0 Å². The highest BCUT2D eigenvalue weighted by molar-refractivity contribution is 6.05. The first-order valence-electron chi connectivity index (χ1n) is 14.6. The number of hydrogen-bond acceptors (Lipinski definition) is 6. The molecule has 7 atom stereocenters. The predicted molar refractivity (Wildman–Crippen MR) is 156 cm³/mol. The topological polar surface area (TPSA) is 117 Å². The molecule has 0 radical (unpaired) electrons. The van der Waals surface area contributed by atoms with Crippen molar-refractivity contribution in [2.24, 2.45) is 17.8 Å². The lowest BCUT2D eigenvalue weighted by molar-refractivity contribution is -0.148. The van der Waals surface area contributed by atoms with Crippen LogP contribution >= 0.6 is 0 Å². The number of nitrogens with one attached hydrogen (secondary N) is 2. The van der Waals surface area contributed by atoms with Gasteiger partial charge in [0, 0.05) is 11.4 Å². The summed E-state index contributed by atoms with van der Waals surface area (Å²) >= 11 is 0. The normalized spacial score (nSPS) is 30.7. The summed E-state index contributed by atoms with van der Waals surface area (Å²) in [5, 5.41) is 16.3. The molecule has 3 aliphatic heterocycles. The number of likely N-dealkylation sites (tertiary alicyclic amines) is 1. The van der Waals surface area contributed by atoms with E-state index in [1.54, 1.807) is 24.3 Å². The molecule has 9 nitrogen and oxygen atoms in total. The smallest absolute Gasteiger partial charge is 0.250 e. The molecule has 3 heterocycles. The number of rotatable bonds is 9. The van der Waals surface area contributed by atoms with Gasteiger partial charge in [0.15, 0.2) is 0 Å². The van der Waals surface area contributed by atoms with Gasteiger partial charge < -0.3 is 30.1 Å². The Morgan fingerprint density at radius 3 is 2.46 bits per heavy atom. The van der Waals surface area contributed by atoms with Crippen molar-refractivity contribution in [2.75, 3.05) is 23.8 Å². The Labute approximate surface area is 241 Å². The van der Waals surface area contributed by atoms with Crippen molar-refractivity contribution in [1.82, 2.24) is 4.90 Å². The van der Waals surface area contributed by atoms with Crippen molar-refractivity contribution in [2.45, 2.75) is 77.7 Å². The summed E-state index contributed by atoms with van der Waals surface area (Å²) in [5.41, 5.74) is 0.994. The number of aliphatic hydroxyl groups is 1. The van der Waals surface area contributed by atoms with E-state index >= 15 is 0 Å². The Hall–Kier alpha value is -3.43. The minimum absolute atomic E-state index is 0.0900. The molecule has 1 spiro atoms. The highest BCUT2D eigenvalue weighted by atomic mass is 16.5. The van der Waals surface area contributed by atoms with Gasteiger partial charge in [0.1, 0.15) is 17.4 Å². The van der Waals surface area contributed by atoms with Gasteiger partial charge in [0.2, 0.25) is 17.7 Å². The zero-order valence-corrected chi connectivity index (χ0v) is 24.7. The molecule has 3 saturated heterocycles. The third-order valence-electron chi connectivity index (χ3n) is 9.44. The van der Waals surface area contributed by atoms with Crippen molar-refractivity contribution >= 4 is 29.1 Å². The summed E-state index contributed by atoms with van der Waals surface area (Å²) in [6.07, 6.45) is 0.907. The van der Waals surface area contributed by atoms with Crippen molar-refractivity contribution in [3.63, 3.8) is 0 Å². The van der Waals surface area contributed by atoms with E-state index < -0.39 is 35.1 Å². The van der Waals surface area contributed by atoms with Crippen LogP contribution in [0, 0.1) is 31.6 Å². The summed E-state index contributed by atoms with van der Waals surface area (Å²) in [6.45, 7) is 11.8. The van der Waals surface area contributed by atoms with E-state index in [2.05, 4.69) is 10.6 Å². The first-order valence-corrected chi connectivity index (χ1v) is 14.6. The van der Waals surface area contributed by atoms with E-state index in [1.807, 2.05) is 59.7 Å². The van der Waals surface area contributed by atoms with Gasteiger partial charge in [-0.3, -0.25) is 14.4 Å². The van der Waals surface area contributed by atoms with Gasteiger partial charge in [-0.2, -0.15) is 0 Å². The van der Waals surface area contributed by atoms with Crippen LogP contribution in [-0.2, 0) is 19.1 Å². The monoisotopic (exact) mass is 563 g/mol. The van der Waals surface area contributed by atoms with Crippen molar-refractivity contribution in [3.05, 3.63) is 53.6 Å². The molecule has 0 saturated carbocycles. The molecule has 0 aliphatic carbocycles. The Kier molecular flexibility index (Phi) is 7.63. The Morgan fingerprint density at radius 1 is 1.12 bits per heavy atom. The molecule has 5 rings (SSSR count). The molecule has 3 amide bonds. The molecule has 2 aromatic carbocycles.